The Labute approximate surface area is 236 Å². The van der Waals surface area contributed by atoms with Gasteiger partial charge in [0, 0.05) is 6.07 Å². The first-order valence-corrected chi connectivity index (χ1v) is 15.7. The fourth-order valence-corrected chi connectivity index (χ4v) is 6.03. The molecule has 4 aromatic rings. The summed E-state index contributed by atoms with van der Waals surface area (Å²) in [5.74, 6) is 1.45. The summed E-state index contributed by atoms with van der Waals surface area (Å²) in [7, 11) is -6.50. The zero-order valence-corrected chi connectivity index (χ0v) is 24.2. The molecule has 4 aromatic carbocycles. The molecular weight excluding hydrogens is 548 g/mol. The van der Waals surface area contributed by atoms with Crippen LogP contribution in [0, 0.1) is 6.92 Å². The summed E-state index contributed by atoms with van der Waals surface area (Å²) >= 11 is 0. The first-order chi connectivity index (χ1) is 19.1. The molecule has 2 N–H and O–H groups in total. The van der Waals surface area contributed by atoms with Gasteiger partial charge >= 0.3 is 0 Å². The topological polar surface area (TPSA) is 111 Å². The molecule has 10 heteroatoms. The average molecular weight is 581 g/mol. The Hall–Kier alpha value is -4.02. The van der Waals surface area contributed by atoms with Crippen molar-refractivity contribution < 1.29 is 26.3 Å². The molecule has 0 saturated heterocycles. The minimum absolute atomic E-state index is 0.00901. The molecule has 40 heavy (non-hydrogen) atoms. The predicted molar refractivity (Wildman–Crippen MR) is 157 cm³/mol. The van der Waals surface area contributed by atoms with Crippen molar-refractivity contribution in [3.63, 3.8) is 0 Å². The normalized spacial score (nSPS) is 11.6. The van der Waals surface area contributed by atoms with Gasteiger partial charge in [-0.2, -0.15) is 0 Å². The highest BCUT2D eigenvalue weighted by atomic mass is 32.2. The van der Waals surface area contributed by atoms with Gasteiger partial charge in [0.1, 0.15) is 17.2 Å². The summed E-state index contributed by atoms with van der Waals surface area (Å²) in [6, 6.07) is 24.3. The van der Waals surface area contributed by atoms with Crippen LogP contribution in [0.1, 0.15) is 30.9 Å². The van der Waals surface area contributed by atoms with Crippen LogP contribution in [-0.2, 0) is 26.5 Å². The third-order valence-electron chi connectivity index (χ3n) is 6.16. The Morgan fingerprint density at radius 2 is 1.18 bits per heavy atom. The fraction of sp³-hybridized carbons (Fsp3) is 0.200. The second-order valence-corrected chi connectivity index (χ2v) is 12.6. The second-order valence-electron chi connectivity index (χ2n) is 9.26. The van der Waals surface area contributed by atoms with Crippen molar-refractivity contribution in [2.75, 3.05) is 16.6 Å². The van der Waals surface area contributed by atoms with E-state index in [2.05, 4.69) is 16.4 Å². The largest absolute Gasteiger partial charge is 0.497 e. The highest BCUT2D eigenvalue weighted by Gasteiger charge is 2.21. The standard InChI is InChI=1S/C30H32N2O6S2/c1-4-5-6-23-9-18-28(19-10-23)39(33,34)31-29-20-15-26(38-25-13-11-24(37-3)12-14-25)21-30(29)32-40(35,36)27-16-7-22(2)8-17-27/h7-21,31-32H,4-6H2,1-3H3. The van der Waals surface area contributed by atoms with E-state index in [1.165, 1.54) is 24.3 Å². The summed E-state index contributed by atoms with van der Waals surface area (Å²) in [5.41, 5.74) is 2.01. The third kappa shape index (κ3) is 7.34. The minimum atomic E-state index is -4.04. The maximum absolute atomic E-state index is 13.3. The van der Waals surface area contributed by atoms with Crippen LogP contribution < -0.4 is 18.9 Å². The Morgan fingerprint density at radius 3 is 1.75 bits per heavy atom. The quantitative estimate of drug-likeness (QED) is 0.192. The lowest BCUT2D eigenvalue weighted by Crippen LogP contribution is -2.17. The first kappa shape index (κ1) is 29.0. The molecule has 0 heterocycles. The molecule has 0 saturated carbocycles. The van der Waals surface area contributed by atoms with Gasteiger partial charge in [-0.1, -0.05) is 43.2 Å². The lowest BCUT2D eigenvalue weighted by Gasteiger charge is -2.17. The molecule has 0 spiro atoms. The smallest absolute Gasteiger partial charge is 0.261 e. The summed E-state index contributed by atoms with van der Waals surface area (Å²) in [5, 5.41) is 0. The SMILES string of the molecule is CCCCc1ccc(S(=O)(=O)Nc2ccc(Oc3ccc(OC)cc3)cc2NS(=O)(=O)c2ccc(C)cc2)cc1. The van der Waals surface area contributed by atoms with E-state index in [0.717, 1.165) is 30.4 Å². The van der Waals surface area contributed by atoms with Crippen LogP contribution in [0.25, 0.3) is 0 Å². The van der Waals surface area contributed by atoms with Crippen molar-refractivity contribution in [2.24, 2.45) is 0 Å². The fourth-order valence-electron chi connectivity index (χ4n) is 3.88. The molecule has 0 amide bonds. The first-order valence-electron chi connectivity index (χ1n) is 12.8. The zero-order chi connectivity index (χ0) is 28.8. The van der Waals surface area contributed by atoms with Crippen LogP contribution >= 0.6 is 0 Å². The predicted octanol–water partition coefficient (Wildman–Crippen LogP) is 6.74. The van der Waals surface area contributed by atoms with Crippen LogP contribution in [-0.4, -0.2) is 23.9 Å². The van der Waals surface area contributed by atoms with Crippen LogP contribution in [0.3, 0.4) is 0 Å². The number of unbranched alkanes of at least 4 members (excludes halogenated alkanes) is 1. The lowest BCUT2D eigenvalue weighted by molar-refractivity contribution is 0.413. The van der Waals surface area contributed by atoms with Crippen molar-refractivity contribution in [1.82, 2.24) is 0 Å². The van der Waals surface area contributed by atoms with Crippen molar-refractivity contribution in [3.8, 4) is 17.2 Å². The Morgan fingerprint density at radius 1 is 0.650 bits per heavy atom. The summed E-state index contributed by atoms with van der Waals surface area (Å²) in [6.07, 6.45) is 2.92. The molecule has 0 bridgehead atoms. The second kappa shape index (κ2) is 12.4. The monoisotopic (exact) mass is 580 g/mol. The van der Waals surface area contributed by atoms with Gasteiger partial charge in [-0.05, 0) is 86.0 Å². The van der Waals surface area contributed by atoms with Gasteiger partial charge in [0.05, 0.1) is 28.3 Å². The van der Waals surface area contributed by atoms with Gasteiger partial charge in [-0.25, -0.2) is 16.8 Å². The van der Waals surface area contributed by atoms with Gasteiger partial charge in [-0.3, -0.25) is 9.44 Å². The highest BCUT2D eigenvalue weighted by Crippen LogP contribution is 2.33. The summed E-state index contributed by atoms with van der Waals surface area (Å²) < 4.78 is 69.1. The van der Waals surface area contributed by atoms with Crippen LogP contribution in [0.15, 0.2) is 101 Å². The number of hydrogen-bond donors (Lipinski definition) is 2. The highest BCUT2D eigenvalue weighted by molar-refractivity contribution is 7.93. The van der Waals surface area contributed by atoms with Crippen LogP contribution in [0.5, 0.6) is 17.2 Å². The van der Waals surface area contributed by atoms with E-state index < -0.39 is 20.0 Å². The van der Waals surface area contributed by atoms with E-state index in [-0.39, 0.29) is 21.2 Å². The zero-order valence-electron chi connectivity index (χ0n) is 22.5. The summed E-state index contributed by atoms with van der Waals surface area (Å²) in [6.45, 7) is 3.95. The van der Waals surface area contributed by atoms with Gasteiger partial charge < -0.3 is 9.47 Å². The van der Waals surface area contributed by atoms with E-state index >= 15 is 0 Å². The van der Waals surface area contributed by atoms with Crippen LogP contribution in [0.2, 0.25) is 0 Å². The van der Waals surface area contributed by atoms with Crippen molar-refractivity contribution in [2.45, 2.75) is 42.9 Å². The Balaban J connectivity index is 1.66. The number of anilines is 2. The molecule has 0 aliphatic rings. The molecule has 0 aromatic heterocycles. The number of benzene rings is 4. The molecule has 0 radical (unpaired) electrons. The number of rotatable bonds is 12. The number of methoxy groups -OCH3 is 1. The lowest BCUT2D eigenvalue weighted by atomic mass is 10.1. The number of ether oxygens (including phenoxy) is 2. The maximum Gasteiger partial charge on any atom is 0.261 e. The van der Waals surface area contributed by atoms with E-state index in [1.54, 1.807) is 73.8 Å². The molecule has 210 valence electrons. The Kier molecular flexibility index (Phi) is 9.01. The molecular formula is C30H32N2O6S2. The van der Waals surface area contributed by atoms with Gasteiger partial charge in [0.15, 0.2) is 0 Å². The van der Waals surface area contributed by atoms with Crippen molar-refractivity contribution >= 4 is 31.4 Å². The van der Waals surface area contributed by atoms with Gasteiger partial charge in [0.25, 0.3) is 20.0 Å². The van der Waals surface area contributed by atoms with Crippen molar-refractivity contribution in [1.29, 1.82) is 0 Å². The van der Waals surface area contributed by atoms with Gasteiger partial charge in [-0.15, -0.1) is 0 Å². The molecule has 0 aliphatic carbocycles. The maximum atomic E-state index is 13.3. The molecule has 0 unspecified atom stereocenters. The number of nitrogens with one attached hydrogen (secondary N) is 2. The van der Waals surface area contributed by atoms with E-state index in [1.807, 2.05) is 6.92 Å². The van der Waals surface area contributed by atoms with Crippen molar-refractivity contribution in [3.05, 3.63) is 102 Å². The minimum Gasteiger partial charge on any atom is -0.497 e. The molecule has 0 fully saturated rings. The average Bonchev–Trinajstić information content (AvgIpc) is 2.94. The third-order valence-corrected chi connectivity index (χ3v) is 8.92. The summed E-state index contributed by atoms with van der Waals surface area (Å²) in [4.78, 5) is 0.106. The van der Waals surface area contributed by atoms with E-state index in [4.69, 9.17) is 9.47 Å². The molecule has 8 nitrogen and oxygen atoms in total. The number of aryl methyl sites for hydroxylation is 2. The number of hydrogen-bond acceptors (Lipinski definition) is 6. The van der Waals surface area contributed by atoms with Gasteiger partial charge in [0.2, 0.25) is 0 Å². The van der Waals surface area contributed by atoms with E-state index in [9.17, 15) is 16.8 Å². The molecule has 0 atom stereocenters. The Bertz CT molecular complexity index is 1650. The molecule has 0 aliphatic heterocycles. The molecule has 4 rings (SSSR count). The van der Waals surface area contributed by atoms with E-state index in [0.29, 0.717) is 17.2 Å². The van der Waals surface area contributed by atoms with Crippen LogP contribution in [0.4, 0.5) is 11.4 Å². The number of sulfonamides is 2.